The molecule has 7 nitrogen and oxygen atoms in total. The minimum atomic E-state index is -0.664. The lowest BCUT2D eigenvalue weighted by molar-refractivity contribution is -0.113. The van der Waals surface area contributed by atoms with E-state index < -0.39 is 11.7 Å². The van der Waals surface area contributed by atoms with E-state index in [1.807, 2.05) is 0 Å². The number of anilines is 2. The van der Waals surface area contributed by atoms with E-state index in [1.165, 1.54) is 19.1 Å². The van der Waals surface area contributed by atoms with E-state index in [0.717, 1.165) is 11.3 Å². The van der Waals surface area contributed by atoms with Gasteiger partial charge in [-0.2, -0.15) is 0 Å². The number of aromatic amines is 1. The van der Waals surface area contributed by atoms with Crippen molar-refractivity contribution in [2.75, 3.05) is 17.2 Å². The van der Waals surface area contributed by atoms with Gasteiger partial charge < -0.3 is 20.9 Å². The van der Waals surface area contributed by atoms with Crippen LogP contribution in [0.4, 0.5) is 15.8 Å². The molecule has 0 unspecified atom stereocenters. The molecule has 0 saturated heterocycles. The zero-order chi connectivity index (χ0) is 20.9. The van der Waals surface area contributed by atoms with Crippen LogP contribution in [0.25, 0.3) is 11.6 Å². The molecular weight excluding hydrogens is 375 g/mol. The topological polar surface area (TPSA) is 103 Å². The van der Waals surface area contributed by atoms with Crippen molar-refractivity contribution in [1.82, 2.24) is 10.3 Å². The first kappa shape index (κ1) is 18.7. The fourth-order valence-corrected chi connectivity index (χ4v) is 3.53. The Bertz CT molecular complexity index is 1140. The lowest BCUT2D eigenvalue weighted by atomic mass is 10.0. The summed E-state index contributed by atoms with van der Waals surface area (Å²) < 4.78 is 14.6. The minimum absolute atomic E-state index is 0.0403. The van der Waals surface area contributed by atoms with Crippen LogP contribution < -0.4 is 16.0 Å². The molecule has 0 radical (unpaired) electrons. The zero-order valence-corrected chi connectivity index (χ0v) is 16.0. The van der Waals surface area contributed by atoms with Crippen LogP contribution in [0.1, 0.15) is 39.8 Å². The number of hydrogen-bond acceptors (Lipinski definition) is 3. The lowest BCUT2D eigenvalue weighted by Gasteiger charge is -2.12. The fourth-order valence-electron chi connectivity index (χ4n) is 3.53. The van der Waals surface area contributed by atoms with Crippen LogP contribution in [0.5, 0.6) is 0 Å². The van der Waals surface area contributed by atoms with Crippen molar-refractivity contribution >= 4 is 40.7 Å². The molecule has 2 aliphatic heterocycles. The predicted octanol–water partition coefficient (Wildman–Crippen LogP) is 2.76. The summed E-state index contributed by atoms with van der Waals surface area (Å²) >= 11 is 0. The predicted molar refractivity (Wildman–Crippen MR) is 108 cm³/mol. The second kappa shape index (κ2) is 6.73. The number of carbonyl (C=O) groups excluding carboxylic acids is 3. The van der Waals surface area contributed by atoms with Crippen LogP contribution in [-0.2, 0) is 16.0 Å². The number of rotatable bonds is 3. The van der Waals surface area contributed by atoms with Crippen molar-refractivity contribution in [3.8, 4) is 0 Å². The van der Waals surface area contributed by atoms with Gasteiger partial charge in [-0.3, -0.25) is 14.4 Å². The molecule has 4 rings (SSSR count). The van der Waals surface area contributed by atoms with Crippen LogP contribution in [0.15, 0.2) is 24.3 Å². The monoisotopic (exact) mass is 394 g/mol. The van der Waals surface area contributed by atoms with Crippen molar-refractivity contribution in [3.05, 3.63) is 58.2 Å². The van der Waals surface area contributed by atoms with Crippen LogP contribution in [0.3, 0.4) is 0 Å². The van der Waals surface area contributed by atoms with Crippen molar-refractivity contribution in [2.24, 2.45) is 0 Å². The molecule has 3 heterocycles. The second-order valence-electron chi connectivity index (χ2n) is 7.15. The quantitative estimate of drug-likeness (QED) is 0.602. The third-order valence-corrected chi connectivity index (χ3v) is 5.07. The summed E-state index contributed by atoms with van der Waals surface area (Å²) in [6.45, 7) is 7.39. The average molecular weight is 394 g/mol. The van der Waals surface area contributed by atoms with E-state index in [4.69, 9.17) is 0 Å². The summed E-state index contributed by atoms with van der Waals surface area (Å²) in [6, 6.07) is 2.59. The third-order valence-electron chi connectivity index (χ3n) is 5.07. The first-order valence-corrected chi connectivity index (χ1v) is 9.09. The van der Waals surface area contributed by atoms with Gasteiger partial charge in [0.1, 0.15) is 5.82 Å². The summed E-state index contributed by atoms with van der Waals surface area (Å²) in [5.41, 5.74) is 4.03. The van der Waals surface area contributed by atoms with Crippen molar-refractivity contribution < 1.29 is 18.8 Å². The Morgan fingerprint density at radius 1 is 1.28 bits per heavy atom. The van der Waals surface area contributed by atoms with Crippen LogP contribution in [0.2, 0.25) is 0 Å². The van der Waals surface area contributed by atoms with E-state index in [9.17, 15) is 18.8 Å². The summed E-state index contributed by atoms with van der Waals surface area (Å²) in [5.74, 6) is -1.71. The number of nitrogens with one attached hydrogen (secondary N) is 4. The molecule has 0 aliphatic carbocycles. The van der Waals surface area contributed by atoms with Gasteiger partial charge in [-0.25, -0.2) is 4.39 Å². The molecule has 29 heavy (non-hydrogen) atoms. The maximum atomic E-state index is 14.6. The van der Waals surface area contributed by atoms with Crippen LogP contribution in [0, 0.1) is 12.7 Å². The Morgan fingerprint density at radius 2 is 2.03 bits per heavy atom. The standard InChI is InChI=1S/C21H19FN4O3/c1-9(2)19(27)26-17-8-16-11(6-13(17)22)12(20(28)25-16)7-15-10(3)18-14(24-15)4-5-23-21(18)29/h6-8,24H,1,4-5H2,2-3H3,(H,23,29)(H,25,28)(H,26,27)/b12-7-. The molecule has 0 spiro atoms. The fraction of sp³-hybridized carbons (Fsp3) is 0.190. The van der Waals surface area contributed by atoms with Gasteiger partial charge in [0.05, 0.1) is 22.5 Å². The molecule has 0 atom stereocenters. The SMILES string of the molecule is C=C(C)C(=O)Nc1cc2c(cc1F)/C(=C/c1[nH]c3c(c1C)C(=O)NCC3)C(=O)N2. The van der Waals surface area contributed by atoms with Gasteiger partial charge >= 0.3 is 0 Å². The Balaban J connectivity index is 1.74. The lowest BCUT2D eigenvalue weighted by Crippen LogP contribution is -2.31. The molecule has 3 amide bonds. The Labute approximate surface area is 166 Å². The largest absolute Gasteiger partial charge is 0.358 e. The molecule has 0 bridgehead atoms. The maximum absolute atomic E-state index is 14.6. The molecule has 1 aromatic carbocycles. The number of benzene rings is 1. The number of amides is 3. The molecule has 2 aliphatic rings. The van der Waals surface area contributed by atoms with Gasteiger partial charge in [0.25, 0.3) is 17.7 Å². The van der Waals surface area contributed by atoms with Gasteiger partial charge in [0.15, 0.2) is 0 Å². The molecule has 0 fully saturated rings. The van der Waals surface area contributed by atoms with Gasteiger partial charge in [0.2, 0.25) is 0 Å². The maximum Gasteiger partial charge on any atom is 0.256 e. The van der Waals surface area contributed by atoms with Crippen LogP contribution in [-0.4, -0.2) is 29.3 Å². The molecule has 4 N–H and O–H groups in total. The van der Waals surface area contributed by atoms with Crippen LogP contribution >= 0.6 is 0 Å². The summed E-state index contributed by atoms with van der Waals surface area (Å²) in [5, 5.41) is 7.92. The summed E-state index contributed by atoms with van der Waals surface area (Å²) in [4.78, 5) is 39.6. The minimum Gasteiger partial charge on any atom is -0.358 e. The third kappa shape index (κ3) is 3.12. The van der Waals surface area contributed by atoms with Gasteiger partial charge in [-0.15, -0.1) is 0 Å². The highest BCUT2D eigenvalue weighted by Gasteiger charge is 2.28. The molecule has 148 valence electrons. The van der Waals surface area contributed by atoms with Crippen molar-refractivity contribution in [1.29, 1.82) is 0 Å². The Kier molecular flexibility index (Phi) is 4.34. The molecule has 2 aromatic rings. The normalized spacial score (nSPS) is 16.2. The Morgan fingerprint density at radius 3 is 2.72 bits per heavy atom. The number of halogens is 1. The number of aromatic nitrogens is 1. The van der Waals surface area contributed by atoms with Crippen molar-refractivity contribution in [2.45, 2.75) is 20.3 Å². The van der Waals surface area contributed by atoms with E-state index in [1.54, 1.807) is 13.0 Å². The van der Waals surface area contributed by atoms with Gasteiger partial charge in [-0.05, 0) is 37.6 Å². The number of fused-ring (bicyclic) bond motifs is 2. The Hall–Kier alpha value is -3.68. The molecular formula is C21H19FN4O3. The second-order valence-corrected chi connectivity index (χ2v) is 7.15. The highest BCUT2D eigenvalue weighted by atomic mass is 19.1. The highest BCUT2D eigenvalue weighted by molar-refractivity contribution is 6.35. The first-order valence-electron chi connectivity index (χ1n) is 9.09. The van der Waals surface area contributed by atoms with Crippen molar-refractivity contribution in [3.63, 3.8) is 0 Å². The van der Waals surface area contributed by atoms with E-state index in [-0.39, 0.29) is 28.6 Å². The summed E-state index contributed by atoms with van der Waals surface area (Å²) in [6.07, 6.45) is 2.29. The number of hydrogen-bond donors (Lipinski definition) is 4. The first-order chi connectivity index (χ1) is 13.8. The number of carbonyl (C=O) groups is 3. The average Bonchev–Trinajstić information content (AvgIpc) is 3.13. The van der Waals surface area contributed by atoms with Gasteiger partial charge in [-0.1, -0.05) is 6.58 Å². The molecule has 1 aromatic heterocycles. The summed E-state index contributed by atoms with van der Waals surface area (Å²) in [7, 11) is 0. The molecule has 8 heteroatoms. The van der Waals surface area contributed by atoms with E-state index >= 15 is 0 Å². The smallest absolute Gasteiger partial charge is 0.256 e. The van der Waals surface area contributed by atoms with Gasteiger partial charge in [0, 0.05) is 35.5 Å². The van der Waals surface area contributed by atoms with E-state index in [0.29, 0.717) is 35.5 Å². The molecule has 0 saturated carbocycles. The van der Waals surface area contributed by atoms with E-state index in [2.05, 4.69) is 27.5 Å². The zero-order valence-electron chi connectivity index (χ0n) is 16.0. The highest BCUT2D eigenvalue weighted by Crippen LogP contribution is 2.37. The number of H-pyrrole nitrogens is 1.